The average Bonchev–Trinajstić information content (AvgIpc) is 3.12. The van der Waals surface area contributed by atoms with Crippen LogP contribution in [0.2, 0.25) is 0 Å². The molecule has 0 radical (unpaired) electrons. The SMILES string of the molecule is CC(C)NC(=O)C(CCN1CCC2(CC1)CCN(Cc1ccc(Br)cc1)C2=O)c1ccccc1. The van der Waals surface area contributed by atoms with E-state index < -0.39 is 0 Å². The van der Waals surface area contributed by atoms with Crippen LogP contribution in [-0.2, 0) is 16.1 Å². The Morgan fingerprint density at radius 2 is 1.65 bits per heavy atom. The second kappa shape index (κ2) is 11.0. The fourth-order valence-electron chi connectivity index (χ4n) is 5.35. The van der Waals surface area contributed by atoms with Crippen LogP contribution in [0.4, 0.5) is 0 Å². The van der Waals surface area contributed by atoms with Gasteiger partial charge in [0.15, 0.2) is 0 Å². The maximum Gasteiger partial charge on any atom is 0.229 e. The molecule has 2 aromatic rings. The van der Waals surface area contributed by atoms with Gasteiger partial charge in [0.05, 0.1) is 11.3 Å². The Balaban J connectivity index is 1.32. The Morgan fingerprint density at radius 3 is 2.29 bits per heavy atom. The Hall–Kier alpha value is -2.18. The molecule has 0 aliphatic carbocycles. The van der Waals surface area contributed by atoms with Crippen LogP contribution in [0.5, 0.6) is 0 Å². The van der Waals surface area contributed by atoms with Gasteiger partial charge in [-0.1, -0.05) is 58.4 Å². The summed E-state index contributed by atoms with van der Waals surface area (Å²) in [6, 6.07) is 18.5. The maximum atomic E-state index is 13.3. The number of piperidine rings is 1. The molecule has 5 nitrogen and oxygen atoms in total. The highest BCUT2D eigenvalue weighted by molar-refractivity contribution is 9.10. The van der Waals surface area contributed by atoms with Crippen LogP contribution >= 0.6 is 15.9 Å². The third kappa shape index (κ3) is 5.89. The van der Waals surface area contributed by atoms with Crippen molar-refractivity contribution in [2.75, 3.05) is 26.2 Å². The summed E-state index contributed by atoms with van der Waals surface area (Å²) in [5, 5.41) is 3.09. The number of likely N-dealkylation sites (tertiary alicyclic amines) is 2. The number of halogens is 1. The zero-order valence-corrected chi connectivity index (χ0v) is 21.9. The van der Waals surface area contributed by atoms with Gasteiger partial charge in [-0.15, -0.1) is 0 Å². The van der Waals surface area contributed by atoms with Gasteiger partial charge in [-0.3, -0.25) is 9.59 Å². The summed E-state index contributed by atoms with van der Waals surface area (Å²) >= 11 is 3.48. The first-order valence-electron chi connectivity index (χ1n) is 12.5. The largest absolute Gasteiger partial charge is 0.353 e. The van der Waals surface area contributed by atoms with Gasteiger partial charge < -0.3 is 15.1 Å². The molecule has 2 fully saturated rings. The Morgan fingerprint density at radius 1 is 1.00 bits per heavy atom. The lowest BCUT2D eigenvalue weighted by molar-refractivity contribution is -0.138. The number of amides is 2. The highest BCUT2D eigenvalue weighted by atomic mass is 79.9. The fourth-order valence-corrected chi connectivity index (χ4v) is 5.62. The van der Waals surface area contributed by atoms with E-state index in [0.29, 0.717) is 12.5 Å². The predicted molar refractivity (Wildman–Crippen MR) is 139 cm³/mol. The number of benzene rings is 2. The van der Waals surface area contributed by atoms with Crippen LogP contribution in [0.1, 0.15) is 56.6 Å². The number of hydrogen-bond donors (Lipinski definition) is 1. The molecular formula is C28H36BrN3O2. The molecule has 0 saturated carbocycles. The van der Waals surface area contributed by atoms with Gasteiger partial charge in [-0.05, 0) is 82.4 Å². The molecule has 1 N–H and O–H groups in total. The first kappa shape index (κ1) is 24.9. The molecule has 2 amide bonds. The van der Waals surface area contributed by atoms with Crippen LogP contribution in [0.15, 0.2) is 59.1 Å². The molecule has 0 bridgehead atoms. The van der Waals surface area contributed by atoms with Gasteiger partial charge in [-0.2, -0.15) is 0 Å². The van der Waals surface area contributed by atoms with Gasteiger partial charge in [-0.25, -0.2) is 0 Å². The number of nitrogens with one attached hydrogen (secondary N) is 1. The molecule has 2 saturated heterocycles. The predicted octanol–water partition coefficient (Wildman–Crippen LogP) is 4.96. The topological polar surface area (TPSA) is 52.7 Å². The summed E-state index contributed by atoms with van der Waals surface area (Å²) < 4.78 is 1.06. The summed E-state index contributed by atoms with van der Waals surface area (Å²) in [5.74, 6) is 0.284. The van der Waals surface area contributed by atoms with Crippen LogP contribution in [0.3, 0.4) is 0 Å². The van der Waals surface area contributed by atoms with E-state index in [0.717, 1.165) is 61.9 Å². The van der Waals surface area contributed by atoms with E-state index >= 15 is 0 Å². The number of hydrogen-bond acceptors (Lipinski definition) is 3. The van der Waals surface area contributed by atoms with Crippen LogP contribution in [0, 0.1) is 5.41 Å². The number of rotatable bonds is 8. The molecule has 1 spiro atoms. The minimum atomic E-state index is -0.195. The first-order valence-corrected chi connectivity index (χ1v) is 13.3. The molecule has 1 unspecified atom stereocenters. The standard InChI is InChI=1S/C28H36BrN3O2/c1-21(2)30-26(33)25(23-6-4-3-5-7-23)12-16-31-17-13-28(14-18-31)15-19-32(27(28)34)20-22-8-10-24(29)11-9-22/h3-11,21,25H,12-20H2,1-2H3,(H,30,33). The molecule has 34 heavy (non-hydrogen) atoms. The van der Waals surface area contributed by atoms with Crippen molar-refractivity contribution in [1.29, 1.82) is 0 Å². The third-order valence-corrected chi connectivity index (χ3v) is 7.91. The second-order valence-electron chi connectivity index (χ2n) is 10.1. The van der Waals surface area contributed by atoms with Crippen molar-refractivity contribution in [2.24, 2.45) is 5.41 Å². The summed E-state index contributed by atoms with van der Waals surface area (Å²) in [5.41, 5.74) is 2.06. The lowest BCUT2D eigenvalue weighted by Gasteiger charge is -2.38. The van der Waals surface area contributed by atoms with E-state index in [1.54, 1.807) is 0 Å². The fraction of sp³-hybridized carbons (Fsp3) is 0.500. The van der Waals surface area contributed by atoms with Crippen molar-refractivity contribution < 1.29 is 9.59 Å². The number of carbonyl (C=O) groups is 2. The van der Waals surface area contributed by atoms with E-state index in [1.807, 2.05) is 61.2 Å². The molecule has 0 aromatic heterocycles. The smallest absolute Gasteiger partial charge is 0.229 e. The van der Waals surface area contributed by atoms with Crippen LogP contribution < -0.4 is 5.32 Å². The number of carbonyl (C=O) groups excluding carboxylic acids is 2. The van der Waals surface area contributed by atoms with Gasteiger partial charge in [0.1, 0.15) is 0 Å². The van der Waals surface area contributed by atoms with Gasteiger partial charge in [0.25, 0.3) is 0 Å². The van der Waals surface area contributed by atoms with Crippen LogP contribution in [-0.4, -0.2) is 53.8 Å². The highest BCUT2D eigenvalue weighted by Gasteiger charge is 2.47. The van der Waals surface area contributed by atoms with Gasteiger partial charge >= 0.3 is 0 Å². The average molecular weight is 527 g/mol. The second-order valence-corrected chi connectivity index (χ2v) is 11.1. The minimum absolute atomic E-state index is 0.101. The quantitative estimate of drug-likeness (QED) is 0.529. The minimum Gasteiger partial charge on any atom is -0.353 e. The van der Waals surface area contributed by atoms with Crippen molar-refractivity contribution >= 4 is 27.7 Å². The molecule has 2 aliphatic heterocycles. The molecule has 1 atom stereocenters. The third-order valence-electron chi connectivity index (χ3n) is 7.38. The Kier molecular flexibility index (Phi) is 8.10. The monoisotopic (exact) mass is 525 g/mol. The summed E-state index contributed by atoms with van der Waals surface area (Å²) in [6.45, 7) is 8.27. The number of nitrogens with zero attached hydrogens (tertiary/aromatic N) is 2. The van der Waals surface area contributed by atoms with E-state index in [-0.39, 0.29) is 23.3 Å². The maximum absolute atomic E-state index is 13.3. The summed E-state index contributed by atoms with van der Waals surface area (Å²) in [6.07, 6.45) is 3.58. The van der Waals surface area contributed by atoms with Crippen molar-refractivity contribution in [3.05, 3.63) is 70.2 Å². The molecule has 2 aromatic carbocycles. The molecule has 2 aliphatic rings. The lowest BCUT2D eigenvalue weighted by atomic mass is 9.77. The first-order chi connectivity index (χ1) is 16.4. The molecule has 6 heteroatoms. The van der Waals surface area contributed by atoms with Crippen molar-refractivity contribution in [2.45, 2.75) is 58.0 Å². The normalized spacial score (nSPS) is 19.1. The summed E-state index contributed by atoms with van der Waals surface area (Å²) in [7, 11) is 0. The molecule has 2 heterocycles. The highest BCUT2D eigenvalue weighted by Crippen LogP contribution is 2.42. The lowest BCUT2D eigenvalue weighted by Crippen LogP contribution is -2.45. The van der Waals surface area contributed by atoms with E-state index in [4.69, 9.17) is 0 Å². The zero-order valence-electron chi connectivity index (χ0n) is 20.3. The van der Waals surface area contributed by atoms with E-state index in [9.17, 15) is 9.59 Å². The molecular weight excluding hydrogens is 490 g/mol. The van der Waals surface area contributed by atoms with Crippen molar-refractivity contribution in [3.63, 3.8) is 0 Å². The van der Waals surface area contributed by atoms with Gasteiger partial charge in [0.2, 0.25) is 11.8 Å². The van der Waals surface area contributed by atoms with Gasteiger partial charge in [0, 0.05) is 23.6 Å². The van der Waals surface area contributed by atoms with Crippen molar-refractivity contribution in [1.82, 2.24) is 15.1 Å². The molecule has 4 rings (SSSR count). The van der Waals surface area contributed by atoms with Crippen LogP contribution in [0.25, 0.3) is 0 Å². The zero-order chi connectivity index (χ0) is 24.1. The van der Waals surface area contributed by atoms with E-state index in [2.05, 4.69) is 38.3 Å². The summed E-state index contributed by atoms with van der Waals surface area (Å²) in [4.78, 5) is 30.7. The Labute approximate surface area is 212 Å². The van der Waals surface area contributed by atoms with E-state index in [1.165, 1.54) is 5.56 Å². The molecule has 182 valence electrons. The van der Waals surface area contributed by atoms with Crippen molar-refractivity contribution in [3.8, 4) is 0 Å². The Bertz CT molecular complexity index is 969.